The molecule has 1 saturated carbocycles. The minimum atomic E-state index is 0.0705. The molecular weight excluding hydrogens is 276 g/mol. The third kappa shape index (κ3) is 3.96. The van der Waals surface area contributed by atoms with Crippen LogP contribution in [-0.2, 0) is 4.79 Å². The van der Waals surface area contributed by atoms with Crippen LogP contribution in [0.2, 0.25) is 0 Å². The zero-order valence-corrected chi connectivity index (χ0v) is 13.2. The average Bonchev–Trinajstić information content (AvgIpc) is 2.61. The van der Waals surface area contributed by atoms with Gasteiger partial charge in [0.05, 0.1) is 5.92 Å². The molecule has 0 spiro atoms. The van der Waals surface area contributed by atoms with E-state index in [0.29, 0.717) is 5.92 Å². The van der Waals surface area contributed by atoms with E-state index in [9.17, 15) is 4.79 Å². The molecule has 1 aliphatic carbocycles. The summed E-state index contributed by atoms with van der Waals surface area (Å²) < 4.78 is 0. The fourth-order valence-corrected chi connectivity index (χ4v) is 3.61. The van der Waals surface area contributed by atoms with Crippen LogP contribution in [0.1, 0.15) is 44.9 Å². The lowest BCUT2D eigenvalue weighted by molar-refractivity contribution is -0.125. The van der Waals surface area contributed by atoms with Crippen molar-refractivity contribution in [3.8, 4) is 0 Å². The quantitative estimate of drug-likeness (QED) is 0.928. The predicted octanol–water partition coefficient (Wildman–Crippen LogP) is 2.39. The topological polar surface area (TPSA) is 58.1 Å². The van der Waals surface area contributed by atoms with Gasteiger partial charge in [0.25, 0.3) is 0 Å². The Hall–Kier alpha value is -1.65. The van der Waals surface area contributed by atoms with Crippen molar-refractivity contribution in [3.05, 3.63) is 18.5 Å². The molecule has 22 heavy (non-hydrogen) atoms. The smallest absolute Gasteiger partial charge is 0.225 e. The molecular formula is C17H26N4O. The number of carbonyl (C=O) groups is 1. The van der Waals surface area contributed by atoms with E-state index in [1.54, 1.807) is 12.4 Å². The molecule has 1 aliphatic heterocycles. The van der Waals surface area contributed by atoms with Crippen LogP contribution in [-0.4, -0.2) is 35.5 Å². The van der Waals surface area contributed by atoms with Crippen molar-refractivity contribution in [3.63, 3.8) is 0 Å². The van der Waals surface area contributed by atoms with Gasteiger partial charge >= 0.3 is 0 Å². The molecule has 120 valence electrons. The molecule has 1 amide bonds. The molecule has 0 radical (unpaired) electrons. The number of piperidine rings is 1. The van der Waals surface area contributed by atoms with Crippen molar-refractivity contribution in [2.75, 3.05) is 24.5 Å². The highest BCUT2D eigenvalue weighted by atomic mass is 16.1. The molecule has 1 N–H and O–H groups in total. The molecule has 0 bridgehead atoms. The SMILES string of the molecule is O=C(NCC1CCCCC1)[C@H]1CCCN(c2ncccn2)C1. The van der Waals surface area contributed by atoms with Crippen LogP contribution in [0.25, 0.3) is 0 Å². The molecule has 0 unspecified atom stereocenters. The van der Waals surface area contributed by atoms with E-state index in [0.717, 1.165) is 38.4 Å². The van der Waals surface area contributed by atoms with E-state index >= 15 is 0 Å². The van der Waals surface area contributed by atoms with Crippen LogP contribution in [0.4, 0.5) is 5.95 Å². The van der Waals surface area contributed by atoms with Crippen LogP contribution >= 0.6 is 0 Å². The van der Waals surface area contributed by atoms with Gasteiger partial charge in [-0.15, -0.1) is 0 Å². The van der Waals surface area contributed by atoms with Crippen LogP contribution in [0, 0.1) is 11.8 Å². The number of amides is 1. The van der Waals surface area contributed by atoms with Crippen molar-refractivity contribution >= 4 is 11.9 Å². The Labute approximate surface area is 132 Å². The van der Waals surface area contributed by atoms with Gasteiger partial charge in [0, 0.05) is 32.0 Å². The minimum absolute atomic E-state index is 0.0705. The second-order valence-corrected chi connectivity index (χ2v) is 6.58. The van der Waals surface area contributed by atoms with Crippen LogP contribution in [0.5, 0.6) is 0 Å². The Morgan fingerprint density at radius 1 is 1.14 bits per heavy atom. The van der Waals surface area contributed by atoms with Gasteiger partial charge in [-0.1, -0.05) is 19.3 Å². The molecule has 1 saturated heterocycles. The number of anilines is 1. The highest BCUT2D eigenvalue weighted by molar-refractivity contribution is 5.79. The number of carbonyl (C=O) groups excluding carboxylic acids is 1. The third-order valence-corrected chi connectivity index (χ3v) is 4.92. The summed E-state index contributed by atoms with van der Waals surface area (Å²) in [6.45, 7) is 2.54. The van der Waals surface area contributed by atoms with E-state index in [1.807, 2.05) is 6.07 Å². The van der Waals surface area contributed by atoms with E-state index < -0.39 is 0 Å². The zero-order chi connectivity index (χ0) is 15.2. The van der Waals surface area contributed by atoms with Crippen LogP contribution < -0.4 is 10.2 Å². The average molecular weight is 302 g/mol. The molecule has 5 nitrogen and oxygen atoms in total. The Morgan fingerprint density at radius 3 is 2.68 bits per heavy atom. The van der Waals surface area contributed by atoms with Gasteiger partial charge in [0.2, 0.25) is 11.9 Å². The monoisotopic (exact) mass is 302 g/mol. The van der Waals surface area contributed by atoms with E-state index in [4.69, 9.17) is 0 Å². The summed E-state index contributed by atoms with van der Waals surface area (Å²) in [5, 5.41) is 3.19. The van der Waals surface area contributed by atoms with Gasteiger partial charge in [-0.2, -0.15) is 0 Å². The fourth-order valence-electron chi connectivity index (χ4n) is 3.61. The number of hydrogen-bond acceptors (Lipinski definition) is 4. The molecule has 0 aromatic carbocycles. The van der Waals surface area contributed by atoms with Crippen LogP contribution in [0.15, 0.2) is 18.5 Å². The van der Waals surface area contributed by atoms with Gasteiger partial charge in [-0.05, 0) is 37.7 Å². The number of aromatic nitrogens is 2. The number of rotatable bonds is 4. The number of hydrogen-bond donors (Lipinski definition) is 1. The van der Waals surface area contributed by atoms with Gasteiger partial charge in [0.15, 0.2) is 0 Å². The van der Waals surface area contributed by atoms with Gasteiger partial charge < -0.3 is 10.2 Å². The van der Waals surface area contributed by atoms with Crippen molar-refractivity contribution in [1.29, 1.82) is 0 Å². The second kappa shape index (κ2) is 7.56. The summed E-state index contributed by atoms with van der Waals surface area (Å²) in [6.07, 6.45) is 12.1. The van der Waals surface area contributed by atoms with E-state index in [2.05, 4.69) is 20.2 Å². The molecule has 5 heteroatoms. The first-order valence-corrected chi connectivity index (χ1v) is 8.62. The molecule has 1 aromatic rings. The summed E-state index contributed by atoms with van der Waals surface area (Å²) >= 11 is 0. The Balaban J connectivity index is 1.49. The van der Waals surface area contributed by atoms with Crippen molar-refractivity contribution in [2.24, 2.45) is 11.8 Å². The van der Waals surface area contributed by atoms with Crippen LogP contribution in [0.3, 0.4) is 0 Å². The first-order valence-electron chi connectivity index (χ1n) is 8.62. The van der Waals surface area contributed by atoms with Crippen molar-refractivity contribution in [2.45, 2.75) is 44.9 Å². The van der Waals surface area contributed by atoms with Gasteiger partial charge in [-0.25, -0.2) is 9.97 Å². The Morgan fingerprint density at radius 2 is 1.91 bits per heavy atom. The second-order valence-electron chi connectivity index (χ2n) is 6.58. The number of nitrogens with one attached hydrogen (secondary N) is 1. The molecule has 1 aromatic heterocycles. The fraction of sp³-hybridized carbons (Fsp3) is 0.706. The van der Waals surface area contributed by atoms with Crippen molar-refractivity contribution in [1.82, 2.24) is 15.3 Å². The third-order valence-electron chi connectivity index (χ3n) is 4.92. The summed E-state index contributed by atoms with van der Waals surface area (Å²) in [6, 6.07) is 1.82. The summed E-state index contributed by atoms with van der Waals surface area (Å²) in [4.78, 5) is 23.2. The maximum atomic E-state index is 12.4. The highest BCUT2D eigenvalue weighted by Gasteiger charge is 2.27. The number of nitrogens with zero attached hydrogens (tertiary/aromatic N) is 3. The first kappa shape index (κ1) is 15.3. The normalized spacial score (nSPS) is 23.3. The molecule has 2 heterocycles. The van der Waals surface area contributed by atoms with E-state index in [1.165, 1.54) is 32.1 Å². The lowest BCUT2D eigenvalue weighted by atomic mass is 9.89. The largest absolute Gasteiger partial charge is 0.356 e. The summed E-state index contributed by atoms with van der Waals surface area (Å²) in [5.41, 5.74) is 0. The standard InChI is InChI=1S/C17H26N4O/c22-16(20-12-14-6-2-1-3-7-14)15-8-4-11-21(13-15)17-18-9-5-10-19-17/h5,9-10,14-15H,1-4,6-8,11-13H2,(H,20,22)/t15-/m0/s1. The van der Waals surface area contributed by atoms with Gasteiger partial charge in [0.1, 0.15) is 0 Å². The lowest BCUT2D eigenvalue weighted by Gasteiger charge is -2.32. The lowest BCUT2D eigenvalue weighted by Crippen LogP contribution is -2.44. The van der Waals surface area contributed by atoms with Crippen molar-refractivity contribution < 1.29 is 4.79 Å². The molecule has 2 fully saturated rings. The Kier molecular flexibility index (Phi) is 5.24. The molecule has 1 atom stereocenters. The maximum absolute atomic E-state index is 12.4. The Bertz CT molecular complexity index is 473. The maximum Gasteiger partial charge on any atom is 0.225 e. The van der Waals surface area contributed by atoms with Gasteiger partial charge in [-0.3, -0.25) is 4.79 Å². The molecule has 3 rings (SSSR count). The predicted molar refractivity (Wildman–Crippen MR) is 86.6 cm³/mol. The highest BCUT2D eigenvalue weighted by Crippen LogP contribution is 2.24. The minimum Gasteiger partial charge on any atom is -0.356 e. The first-order chi connectivity index (χ1) is 10.8. The zero-order valence-electron chi connectivity index (χ0n) is 13.2. The summed E-state index contributed by atoms with van der Waals surface area (Å²) in [7, 11) is 0. The van der Waals surface area contributed by atoms with E-state index in [-0.39, 0.29) is 11.8 Å². The summed E-state index contributed by atoms with van der Waals surface area (Å²) in [5.74, 6) is 1.72. The molecule has 2 aliphatic rings.